The number of benzene rings is 2. The number of ether oxygens (including phenoxy) is 2. The van der Waals surface area contributed by atoms with Gasteiger partial charge in [-0.05, 0) is 30.2 Å². The van der Waals surface area contributed by atoms with Crippen molar-refractivity contribution in [2.75, 3.05) is 6.61 Å². The summed E-state index contributed by atoms with van der Waals surface area (Å²) in [7, 11) is 0. The van der Waals surface area contributed by atoms with E-state index in [4.69, 9.17) is 25.5 Å². The predicted octanol–water partition coefficient (Wildman–Crippen LogP) is 4.29. The maximum Gasteiger partial charge on any atom is 0.313 e. The summed E-state index contributed by atoms with van der Waals surface area (Å²) >= 11 is 6.01. The van der Waals surface area contributed by atoms with Crippen LogP contribution in [0.3, 0.4) is 0 Å². The van der Waals surface area contributed by atoms with E-state index in [9.17, 15) is 4.79 Å². The molecule has 1 aliphatic rings. The molecule has 0 bridgehead atoms. The quantitative estimate of drug-likeness (QED) is 0.642. The molecule has 1 atom stereocenters. The Morgan fingerprint density at radius 3 is 2.92 bits per heavy atom. The number of hydrogen-bond donors (Lipinski definition) is 0. The second kappa shape index (κ2) is 7.22. The van der Waals surface area contributed by atoms with Gasteiger partial charge in [0.05, 0.1) is 12.1 Å². The number of esters is 1. The Kier molecular flexibility index (Phi) is 4.63. The number of fused-ring (bicyclic) bond motifs is 1. The van der Waals surface area contributed by atoms with Crippen molar-refractivity contribution in [3.05, 3.63) is 71.2 Å². The smallest absolute Gasteiger partial charge is 0.313 e. The van der Waals surface area contributed by atoms with E-state index in [2.05, 4.69) is 4.98 Å². The Morgan fingerprint density at radius 1 is 1.23 bits per heavy atom. The molecule has 132 valence electrons. The van der Waals surface area contributed by atoms with Gasteiger partial charge in [0.1, 0.15) is 12.4 Å². The van der Waals surface area contributed by atoms with Gasteiger partial charge in [-0.1, -0.05) is 41.9 Å². The lowest BCUT2D eigenvalue weighted by Gasteiger charge is -2.23. The molecule has 6 heteroatoms. The normalized spacial score (nSPS) is 15.8. The fourth-order valence-electron chi connectivity index (χ4n) is 2.88. The van der Waals surface area contributed by atoms with E-state index in [1.54, 1.807) is 12.3 Å². The zero-order chi connectivity index (χ0) is 17.9. The molecule has 0 fully saturated rings. The van der Waals surface area contributed by atoms with E-state index in [1.165, 1.54) is 0 Å². The van der Waals surface area contributed by atoms with E-state index in [-0.39, 0.29) is 25.1 Å². The highest BCUT2D eigenvalue weighted by atomic mass is 35.5. The monoisotopic (exact) mass is 369 g/mol. The van der Waals surface area contributed by atoms with Crippen LogP contribution in [0.1, 0.15) is 11.5 Å². The summed E-state index contributed by atoms with van der Waals surface area (Å²) in [6.07, 6.45) is 2.16. The second-order valence-electron chi connectivity index (χ2n) is 6.06. The van der Waals surface area contributed by atoms with Crippen molar-refractivity contribution in [1.82, 2.24) is 4.98 Å². The van der Waals surface area contributed by atoms with Gasteiger partial charge < -0.3 is 13.9 Å². The van der Waals surface area contributed by atoms with Gasteiger partial charge in [-0.2, -0.15) is 0 Å². The van der Waals surface area contributed by atoms with Gasteiger partial charge in [-0.15, -0.1) is 0 Å². The predicted molar refractivity (Wildman–Crippen MR) is 95.9 cm³/mol. The average molecular weight is 370 g/mol. The van der Waals surface area contributed by atoms with Gasteiger partial charge in [-0.25, -0.2) is 4.98 Å². The SMILES string of the molecule is O=C(OCc1ncc(-c2ccccc2)o1)[C@@H]1COc2ccc(Cl)cc2C1. The van der Waals surface area contributed by atoms with Crippen molar-refractivity contribution >= 4 is 17.6 Å². The Balaban J connectivity index is 1.37. The Hall–Kier alpha value is -2.79. The van der Waals surface area contributed by atoms with Crippen LogP contribution in [0.5, 0.6) is 5.75 Å². The van der Waals surface area contributed by atoms with Crippen LogP contribution in [-0.2, 0) is 22.6 Å². The van der Waals surface area contributed by atoms with Crippen LogP contribution in [-0.4, -0.2) is 17.6 Å². The van der Waals surface area contributed by atoms with Crippen LogP contribution < -0.4 is 4.74 Å². The third kappa shape index (κ3) is 3.58. The van der Waals surface area contributed by atoms with Crippen LogP contribution in [0, 0.1) is 5.92 Å². The lowest BCUT2D eigenvalue weighted by atomic mass is 9.97. The molecule has 0 N–H and O–H groups in total. The van der Waals surface area contributed by atoms with Crippen molar-refractivity contribution in [2.24, 2.45) is 5.92 Å². The third-order valence-electron chi connectivity index (χ3n) is 4.21. The molecule has 1 aliphatic heterocycles. The standard InChI is InChI=1S/C20H16ClNO4/c21-16-6-7-17-14(9-16)8-15(11-24-17)20(23)25-12-19-22-10-18(26-19)13-4-2-1-3-5-13/h1-7,9-10,15H,8,11-12H2/t15-/m0/s1. The molecule has 4 rings (SSSR count). The molecular formula is C20H16ClNO4. The average Bonchev–Trinajstić information content (AvgIpc) is 3.15. The highest BCUT2D eigenvalue weighted by Gasteiger charge is 2.27. The van der Waals surface area contributed by atoms with E-state index < -0.39 is 0 Å². The molecule has 0 amide bonds. The van der Waals surface area contributed by atoms with Gasteiger partial charge in [0, 0.05) is 10.6 Å². The van der Waals surface area contributed by atoms with Gasteiger partial charge in [0.25, 0.3) is 0 Å². The minimum absolute atomic E-state index is 0.00936. The van der Waals surface area contributed by atoms with Crippen molar-refractivity contribution < 1.29 is 18.7 Å². The molecule has 5 nitrogen and oxygen atoms in total. The maximum absolute atomic E-state index is 12.3. The Labute approximate surface area is 155 Å². The first-order valence-electron chi connectivity index (χ1n) is 8.27. The molecule has 2 aromatic carbocycles. The number of aromatic nitrogens is 1. The van der Waals surface area contributed by atoms with E-state index >= 15 is 0 Å². The van der Waals surface area contributed by atoms with Crippen molar-refractivity contribution in [2.45, 2.75) is 13.0 Å². The minimum Gasteiger partial charge on any atom is -0.492 e. The van der Waals surface area contributed by atoms with Crippen molar-refractivity contribution in [3.8, 4) is 17.1 Å². The number of carbonyl (C=O) groups excluding carboxylic acids is 1. The van der Waals surface area contributed by atoms with Crippen LogP contribution in [0.4, 0.5) is 0 Å². The summed E-state index contributed by atoms with van der Waals surface area (Å²) in [6.45, 7) is 0.277. The number of nitrogens with zero attached hydrogens (tertiary/aromatic N) is 1. The zero-order valence-electron chi connectivity index (χ0n) is 13.9. The fraction of sp³-hybridized carbons (Fsp3) is 0.200. The number of halogens is 1. The molecular weight excluding hydrogens is 354 g/mol. The molecule has 2 heterocycles. The Bertz CT molecular complexity index is 923. The first-order valence-corrected chi connectivity index (χ1v) is 8.65. The lowest BCUT2D eigenvalue weighted by molar-refractivity contribution is -0.152. The highest BCUT2D eigenvalue weighted by Crippen LogP contribution is 2.30. The molecule has 0 saturated carbocycles. The van der Waals surface area contributed by atoms with Crippen molar-refractivity contribution in [3.63, 3.8) is 0 Å². The minimum atomic E-state index is -0.371. The maximum atomic E-state index is 12.3. The number of rotatable bonds is 4. The van der Waals surface area contributed by atoms with E-state index in [0.29, 0.717) is 23.1 Å². The first-order chi connectivity index (χ1) is 12.7. The van der Waals surface area contributed by atoms with Gasteiger partial charge in [0.2, 0.25) is 5.89 Å². The molecule has 3 aromatic rings. The Morgan fingerprint density at radius 2 is 2.08 bits per heavy atom. The summed E-state index contributed by atoms with van der Waals surface area (Å²) in [5, 5.41) is 0.620. The summed E-state index contributed by atoms with van der Waals surface area (Å²) < 4.78 is 16.6. The third-order valence-corrected chi connectivity index (χ3v) is 4.45. The van der Waals surface area contributed by atoms with Crippen LogP contribution in [0.25, 0.3) is 11.3 Å². The van der Waals surface area contributed by atoms with Gasteiger partial charge in [-0.3, -0.25) is 4.79 Å². The first kappa shape index (κ1) is 16.7. The van der Waals surface area contributed by atoms with E-state index in [1.807, 2.05) is 42.5 Å². The summed E-state index contributed by atoms with van der Waals surface area (Å²) in [6, 6.07) is 15.0. The van der Waals surface area contributed by atoms with Crippen LogP contribution in [0.15, 0.2) is 59.1 Å². The molecule has 0 spiro atoms. The lowest BCUT2D eigenvalue weighted by Crippen LogP contribution is -2.29. The zero-order valence-corrected chi connectivity index (χ0v) is 14.6. The van der Waals surface area contributed by atoms with Crippen molar-refractivity contribution in [1.29, 1.82) is 0 Å². The molecule has 0 radical (unpaired) electrons. The molecule has 26 heavy (non-hydrogen) atoms. The topological polar surface area (TPSA) is 61.6 Å². The fourth-order valence-corrected chi connectivity index (χ4v) is 3.07. The van der Waals surface area contributed by atoms with Gasteiger partial charge in [0.15, 0.2) is 12.4 Å². The second-order valence-corrected chi connectivity index (χ2v) is 6.49. The summed E-state index contributed by atoms with van der Waals surface area (Å²) in [4.78, 5) is 16.5. The molecule has 0 aliphatic carbocycles. The number of carbonyl (C=O) groups is 1. The van der Waals surface area contributed by atoms with Crippen LogP contribution >= 0.6 is 11.6 Å². The van der Waals surface area contributed by atoms with Crippen LogP contribution in [0.2, 0.25) is 5.02 Å². The number of oxazole rings is 1. The van der Waals surface area contributed by atoms with Gasteiger partial charge >= 0.3 is 5.97 Å². The molecule has 0 unspecified atom stereocenters. The van der Waals surface area contributed by atoms with E-state index in [0.717, 1.165) is 16.9 Å². The summed E-state index contributed by atoms with van der Waals surface area (Å²) in [5.74, 6) is 1.05. The highest BCUT2D eigenvalue weighted by molar-refractivity contribution is 6.30. The summed E-state index contributed by atoms with van der Waals surface area (Å²) in [5.41, 5.74) is 1.83. The largest absolute Gasteiger partial charge is 0.492 e. The molecule has 1 aromatic heterocycles. The number of hydrogen-bond acceptors (Lipinski definition) is 5. The molecule has 0 saturated heterocycles.